The summed E-state index contributed by atoms with van der Waals surface area (Å²) in [6.07, 6.45) is -0.353. The largest absolute Gasteiger partial charge is 0.481 e. The first-order valence-electron chi connectivity index (χ1n) is 7.05. The molecule has 2 heterocycles. The number of guanidine groups is 1. The van der Waals surface area contributed by atoms with E-state index in [2.05, 4.69) is 25.6 Å². The van der Waals surface area contributed by atoms with Crippen molar-refractivity contribution in [2.75, 3.05) is 5.32 Å². The summed E-state index contributed by atoms with van der Waals surface area (Å²) in [4.78, 5) is 35.1. The zero-order valence-electron chi connectivity index (χ0n) is 12.6. The summed E-state index contributed by atoms with van der Waals surface area (Å²) in [5.74, 6) is -1.08. The molecule has 8 heteroatoms. The van der Waals surface area contributed by atoms with Gasteiger partial charge >= 0.3 is 5.97 Å². The predicted octanol–water partition coefficient (Wildman–Crippen LogP) is 0.988. The Morgan fingerprint density at radius 2 is 2.13 bits per heavy atom. The van der Waals surface area contributed by atoms with Crippen molar-refractivity contribution < 1.29 is 14.7 Å². The van der Waals surface area contributed by atoms with Crippen LogP contribution in [0.25, 0.3) is 10.9 Å². The zero-order valence-corrected chi connectivity index (χ0v) is 12.6. The SMILES string of the molecule is Cc1ccc2nc(NC3=N[C@@H](CC(=O)O)C(=O)N3)nc(C)c2c1. The van der Waals surface area contributed by atoms with Gasteiger partial charge in [-0.25, -0.2) is 15.0 Å². The molecule has 0 spiro atoms. The fourth-order valence-electron chi connectivity index (χ4n) is 2.37. The monoisotopic (exact) mass is 313 g/mol. The minimum Gasteiger partial charge on any atom is -0.481 e. The molecule has 1 aliphatic rings. The fourth-order valence-corrected chi connectivity index (χ4v) is 2.37. The summed E-state index contributed by atoms with van der Waals surface area (Å²) in [7, 11) is 0. The second-order valence-corrected chi connectivity index (χ2v) is 5.36. The number of aliphatic carboxylic acids is 1. The molecule has 0 saturated carbocycles. The maximum atomic E-state index is 11.7. The van der Waals surface area contributed by atoms with E-state index in [1.54, 1.807) is 0 Å². The minimum absolute atomic E-state index is 0.159. The van der Waals surface area contributed by atoms with Gasteiger partial charge in [-0.15, -0.1) is 0 Å². The summed E-state index contributed by atoms with van der Waals surface area (Å²) in [6.45, 7) is 3.87. The van der Waals surface area contributed by atoms with E-state index in [1.165, 1.54) is 0 Å². The lowest BCUT2D eigenvalue weighted by atomic mass is 10.1. The van der Waals surface area contributed by atoms with E-state index in [0.717, 1.165) is 22.2 Å². The Hall–Kier alpha value is -3.03. The summed E-state index contributed by atoms with van der Waals surface area (Å²) >= 11 is 0. The smallest absolute Gasteiger partial charge is 0.306 e. The molecule has 0 radical (unpaired) electrons. The molecule has 0 fully saturated rings. The number of amides is 1. The fraction of sp³-hybridized carbons (Fsp3) is 0.267. The van der Waals surface area contributed by atoms with Crippen molar-refractivity contribution in [3.63, 3.8) is 0 Å². The molecule has 1 atom stereocenters. The average Bonchev–Trinajstić information content (AvgIpc) is 2.79. The number of nitrogens with zero attached hydrogens (tertiary/aromatic N) is 3. The summed E-state index contributed by atoms with van der Waals surface area (Å²) in [6, 6.07) is 4.93. The number of carbonyl (C=O) groups excluding carboxylic acids is 1. The molecule has 1 aromatic carbocycles. The van der Waals surface area contributed by atoms with Crippen LogP contribution in [-0.2, 0) is 9.59 Å². The molecule has 3 rings (SSSR count). The van der Waals surface area contributed by atoms with Crippen molar-refractivity contribution in [1.29, 1.82) is 0 Å². The first-order chi connectivity index (χ1) is 10.9. The third-order valence-electron chi connectivity index (χ3n) is 3.47. The van der Waals surface area contributed by atoms with Gasteiger partial charge in [0, 0.05) is 5.39 Å². The van der Waals surface area contributed by atoms with Gasteiger partial charge in [-0.05, 0) is 26.0 Å². The lowest BCUT2D eigenvalue weighted by Crippen LogP contribution is -2.33. The summed E-state index contributed by atoms with van der Waals surface area (Å²) < 4.78 is 0. The lowest BCUT2D eigenvalue weighted by molar-refractivity contribution is -0.139. The summed E-state index contributed by atoms with van der Waals surface area (Å²) in [5.41, 5.74) is 2.69. The van der Waals surface area contributed by atoms with Crippen LogP contribution in [0.4, 0.5) is 5.95 Å². The second kappa shape index (κ2) is 5.64. The molecule has 1 amide bonds. The van der Waals surface area contributed by atoms with Crippen LogP contribution in [0.15, 0.2) is 23.2 Å². The van der Waals surface area contributed by atoms with Gasteiger partial charge in [0.1, 0.15) is 6.04 Å². The maximum Gasteiger partial charge on any atom is 0.306 e. The van der Waals surface area contributed by atoms with Crippen LogP contribution >= 0.6 is 0 Å². The molecule has 0 bridgehead atoms. The van der Waals surface area contributed by atoms with Crippen LogP contribution in [0.2, 0.25) is 0 Å². The second-order valence-electron chi connectivity index (χ2n) is 5.36. The number of aliphatic imine (C=N–C) groups is 1. The third-order valence-corrected chi connectivity index (χ3v) is 3.47. The number of hydrogen-bond donors (Lipinski definition) is 3. The quantitative estimate of drug-likeness (QED) is 0.778. The standard InChI is InChI=1S/C15H15N5O3/c1-7-3-4-10-9(5-7)8(2)16-14(17-10)20-15-18-11(6-12(21)22)13(23)19-15/h3-5,11H,6H2,1-2H3,(H,21,22)(H2,16,17,18,19,20,23)/t11-/m0/s1. The first-order valence-corrected chi connectivity index (χ1v) is 7.05. The van der Waals surface area contributed by atoms with Gasteiger partial charge < -0.3 is 5.11 Å². The van der Waals surface area contributed by atoms with E-state index >= 15 is 0 Å². The number of hydrogen-bond acceptors (Lipinski definition) is 6. The number of carboxylic acids is 1. The van der Waals surface area contributed by atoms with Crippen LogP contribution < -0.4 is 10.6 Å². The first kappa shape index (κ1) is 14.9. The molecule has 118 valence electrons. The lowest BCUT2D eigenvalue weighted by Gasteiger charge is -2.08. The van der Waals surface area contributed by atoms with Crippen molar-refractivity contribution >= 4 is 34.7 Å². The normalized spacial score (nSPS) is 17.0. The van der Waals surface area contributed by atoms with Crippen LogP contribution in [-0.4, -0.2) is 39.0 Å². The third kappa shape index (κ3) is 3.10. The minimum atomic E-state index is -1.08. The Morgan fingerprint density at radius 1 is 1.35 bits per heavy atom. The van der Waals surface area contributed by atoms with Crippen molar-refractivity contribution in [2.45, 2.75) is 26.3 Å². The number of anilines is 1. The van der Waals surface area contributed by atoms with Crippen LogP contribution in [0.3, 0.4) is 0 Å². The molecule has 0 aliphatic carbocycles. The molecule has 23 heavy (non-hydrogen) atoms. The van der Waals surface area contributed by atoms with Crippen LogP contribution in [0.5, 0.6) is 0 Å². The Morgan fingerprint density at radius 3 is 2.87 bits per heavy atom. The average molecular weight is 313 g/mol. The number of fused-ring (bicyclic) bond motifs is 1. The number of nitrogens with one attached hydrogen (secondary N) is 2. The number of carbonyl (C=O) groups is 2. The van der Waals surface area contributed by atoms with E-state index in [1.807, 2.05) is 32.0 Å². The number of aromatic nitrogens is 2. The summed E-state index contributed by atoms with van der Waals surface area (Å²) in [5, 5.41) is 15.0. The topological polar surface area (TPSA) is 117 Å². The van der Waals surface area contributed by atoms with Gasteiger partial charge in [-0.2, -0.15) is 0 Å². The van der Waals surface area contributed by atoms with Crippen molar-refractivity contribution in [1.82, 2.24) is 15.3 Å². The van der Waals surface area contributed by atoms with Crippen molar-refractivity contribution in [2.24, 2.45) is 4.99 Å². The van der Waals surface area contributed by atoms with Crippen molar-refractivity contribution in [3.05, 3.63) is 29.5 Å². The van der Waals surface area contributed by atoms with Gasteiger partial charge in [0.05, 0.1) is 17.6 Å². The van der Waals surface area contributed by atoms with Gasteiger partial charge in [0.15, 0.2) is 0 Å². The zero-order chi connectivity index (χ0) is 16.6. The molecular weight excluding hydrogens is 298 g/mol. The predicted molar refractivity (Wildman–Crippen MR) is 84.3 cm³/mol. The molecule has 0 unspecified atom stereocenters. The molecule has 3 N–H and O–H groups in total. The van der Waals surface area contributed by atoms with Gasteiger partial charge in [-0.3, -0.25) is 20.2 Å². The number of rotatable bonds is 3. The molecular formula is C15H15N5O3. The van der Waals surface area contributed by atoms with E-state index < -0.39 is 17.9 Å². The van der Waals surface area contributed by atoms with E-state index in [4.69, 9.17) is 5.11 Å². The number of benzene rings is 1. The van der Waals surface area contributed by atoms with Crippen LogP contribution in [0, 0.1) is 13.8 Å². The van der Waals surface area contributed by atoms with Crippen molar-refractivity contribution in [3.8, 4) is 0 Å². The molecule has 2 aromatic rings. The number of carboxylic acid groups (broad SMARTS) is 1. The Bertz CT molecular complexity index is 846. The Labute approximate surface area is 131 Å². The van der Waals surface area contributed by atoms with Crippen LogP contribution in [0.1, 0.15) is 17.7 Å². The van der Waals surface area contributed by atoms with E-state index in [-0.39, 0.29) is 12.4 Å². The highest BCUT2D eigenvalue weighted by molar-refractivity contribution is 6.10. The highest BCUT2D eigenvalue weighted by Gasteiger charge is 2.28. The molecule has 1 aliphatic heterocycles. The Balaban J connectivity index is 1.86. The highest BCUT2D eigenvalue weighted by Crippen LogP contribution is 2.19. The Kier molecular flexibility index (Phi) is 3.65. The van der Waals surface area contributed by atoms with Gasteiger partial charge in [0.25, 0.3) is 5.91 Å². The van der Waals surface area contributed by atoms with E-state index in [9.17, 15) is 9.59 Å². The highest BCUT2D eigenvalue weighted by atomic mass is 16.4. The molecule has 0 saturated heterocycles. The van der Waals surface area contributed by atoms with Gasteiger partial charge in [0.2, 0.25) is 11.9 Å². The van der Waals surface area contributed by atoms with E-state index in [0.29, 0.717) is 5.95 Å². The number of aryl methyl sites for hydroxylation is 2. The van der Waals surface area contributed by atoms with Gasteiger partial charge in [-0.1, -0.05) is 11.6 Å². The molecule has 1 aromatic heterocycles. The molecule has 8 nitrogen and oxygen atoms in total. The maximum absolute atomic E-state index is 11.7.